The standard InChI is InChI=1S/C21H30N2OS2/c1-15(2)25-16-10-11-18-20(14-16)26-23(3)19-9-6-5-8-17(19)21(18)22-12-7-13-24-4/h5,8,10-11,14-15,21-22H,6-7,9,12-13H2,1-4H3. The van der Waals surface area contributed by atoms with Gasteiger partial charge in [0.25, 0.3) is 0 Å². The molecule has 1 aromatic rings. The second kappa shape index (κ2) is 9.36. The average molecular weight is 391 g/mol. The Balaban J connectivity index is 1.93. The lowest BCUT2D eigenvalue weighted by molar-refractivity contribution is 0.193. The second-order valence-corrected chi connectivity index (χ2v) is 9.85. The van der Waals surface area contributed by atoms with Gasteiger partial charge in [-0.2, -0.15) is 0 Å². The van der Waals surface area contributed by atoms with Crippen LogP contribution in [0.1, 0.15) is 44.7 Å². The molecule has 0 amide bonds. The van der Waals surface area contributed by atoms with Gasteiger partial charge >= 0.3 is 0 Å². The number of ether oxygens (including phenoxy) is 1. The summed E-state index contributed by atoms with van der Waals surface area (Å²) in [4.78, 5) is 2.72. The molecule has 1 aromatic carbocycles. The van der Waals surface area contributed by atoms with E-state index in [4.69, 9.17) is 4.74 Å². The molecule has 5 heteroatoms. The number of methoxy groups -OCH3 is 1. The molecule has 142 valence electrons. The minimum absolute atomic E-state index is 0.254. The molecule has 1 atom stereocenters. The third-order valence-corrected chi connectivity index (χ3v) is 6.69. The smallest absolute Gasteiger partial charge is 0.0605 e. The van der Waals surface area contributed by atoms with E-state index in [0.717, 1.165) is 32.4 Å². The molecule has 0 saturated heterocycles. The van der Waals surface area contributed by atoms with Gasteiger partial charge in [-0.3, -0.25) is 0 Å². The van der Waals surface area contributed by atoms with Crippen molar-refractivity contribution in [3.8, 4) is 0 Å². The van der Waals surface area contributed by atoms with Crippen molar-refractivity contribution >= 4 is 23.7 Å². The minimum Gasteiger partial charge on any atom is -0.385 e. The number of thioether (sulfide) groups is 1. The van der Waals surface area contributed by atoms with E-state index in [1.54, 1.807) is 7.11 Å². The molecular weight excluding hydrogens is 360 g/mol. The normalized spacial score (nSPS) is 19.6. The third-order valence-electron chi connectivity index (χ3n) is 4.65. The number of nitrogens with one attached hydrogen (secondary N) is 1. The van der Waals surface area contributed by atoms with Gasteiger partial charge in [-0.15, -0.1) is 11.8 Å². The lowest BCUT2D eigenvalue weighted by Gasteiger charge is -2.26. The fourth-order valence-electron chi connectivity index (χ4n) is 3.50. The van der Waals surface area contributed by atoms with Crippen LogP contribution in [0.4, 0.5) is 0 Å². The fraction of sp³-hybridized carbons (Fsp3) is 0.524. The average Bonchev–Trinajstić information content (AvgIpc) is 2.73. The first-order valence-electron chi connectivity index (χ1n) is 9.44. The third kappa shape index (κ3) is 4.69. The van der Waals surface area contributed by atoms with Crippen LogP contribution in [0.15, 0.2) is 51.4 Å². The van der Waals surface area contributed by atoms with Crippen LogP contribution in [-0.4, -0.2) is 36.9 Å². The van der Waals surface area contributed by atoms with Crippen molar-refractivity contribution in [1.82, 2.24) is 9.62 Å². The van der Waals surface area contributed by atoms with Crippen molar-refractivity contribution < 1.29 is 4.74 Å². The lowest BCUT2D eigenvalue weighted by atomic mass is 9.92. The zero-order valence-corrected chi connectivity index (χ0v) is 17.9. The van der Waals surface area contributed by atoms with Gasteiger partial charge in [-0.1, -0.05) is 32.1 Å². The van der Waals surface area contributed by atoms with Gasteiger partial charge in [0, 0.05) is 41.5 Å². The first-order valence-corrected chi connectivity index (χ1v) is 11.1. The highest BCUT2D eigenvalue weighted by molar-refractivity contribution is 8.00. The molecule has 1 aliphatic heterocycles. The SMILES string of the molecule is COCCCNC1C2=C(CCC=C2)N(C)Sc2cc(SC(C)C)ccc21. The molecule has 26 heavy (non-hydrogen) atoms. The highest BCUT2D eigenvalue weighted by Gasteiger charge is 2.28. The van der Waals surface area contributed by atoms with Crippen molar-refractivity contribution in [2.45, 2.75) is 54.2 Å². The minimum atomic E-state index is 0.254. The maximum Gasteiger partial charge on any atom is 0.0605 e. The van der Waals surface area contributed by atoms with E-state index in [2.05, 4.69) is 60.9 Å². The number of nitrogens with zero attached hydrogens (tertiary/aromatic N) is 1. The van der Waals surface area contributed by atoms with Crippen LogP contribution >= 0.6 is 23.7 Å². The lowest BCUT2D eigenvalue weighted by Crippen LogP contribution is -2.26. The molecule has 1 N–H and O–H groups in total. The van der Waals surface area contributed by atoms with Crippen molar-refractivity contribution in [1.29, 1.82) is 0 Å². The van der Waals surface area contributed by atoms with Crippen LogP contribution in [0.5, 0.6) is 0 Å². The van der Waals surface area contributed by atoms with Gasteiger partial charge in [0.05, 0.1) is 6.04 Å². The van der Waals surface area contributed by atoms with Crippen LogP contribution in [0, 0.1) is 0 Å². The summed E-state index contributed by atoms with van der Waals surface area (Å²) in [6.07, 6.45) is 7.92. The van der Waals surface area contributed by atoms with E-state index in [-0.39, 0.29) is 6.04 Å². The molecule has 1 aliphatic carbocycles. The Hall–Kier alpha value is -0.880. The highest BCUT2D eigenvalue weighted by Crippen LogP contribution is 2.44. The first kappa shape index (κ1) is 19.9. The molecule has 3 nitrogen and oxygen atoms in total. The zero-order chi connectivity index (χ0) is 18.5. The van der Waals surface area contributed by atoms with Crippen molar-refractivity contribution in [2.24, 2.45) is 0 Å². The molecule has 3 rings (SSSR count). The van der Waals surface area contributed by atoms with Crippen LogP contribution < -0.4 is 5.32 Å². The predicted octanol–water partition coefficient (Wildman–Crippen LogP) is 5.41. The molecule has 1 unspecified atom stereocenters. The van der Waals surface area contributed by atoms with Crippen molar-refractivity contribution in [2.75, 3.05) is 27.3 Å². The molecule has 0 fully saturated rings. The van der Waals surface area contributed by atoms with Crippen LogP contribution in [0.25, 0.3) is 0 Å². The molecule has 0 radical (unpaired) electrons. The molecule has 0 bridgehead atoms. The topological polar surface area (TPSA) is 24.5 Å². The summed E-state index contributed by atoms with van der Waals surface area (Å²) in [6, 6.07) is 7.23. The van der Waals surface area contributed by atoms with Gasteiger partial charge in [-0.05, 0) is 61.0 Å². The number of allylic oxidation sites excluding steroid dienone is 2. The number of fused-ring (bicyclic) bond motifs is 1. The molecule has 2 aliphatic rings. The first-order chi connectivity index (χ1) is 12.6. The van der Waals surface area contributed by atoms with Gasteiger partial charge in [0.2, 0.25) is 0 Å². The Morgan fingerprint density at radius 1 is 1.38 bits per heavy atom. The Morgan fingerprint density at radius 3 is 3.00 bits per heavy atom. The maximum atomic E-state index is 5.22. The number of hydrogen-bond acceptors (Lipinski definition) is 5. The predicted molar refractivity (Wildman–Crippen MR) is 114 cm³/mol. The van der Waals surface area contributed by atoms with E-state index >= 15 is 0 Å². The summed E-state index contributed by atoms with van der Waals surface area (Å²) in [5.41, 5.74) is 4.27. The van der Waals surface area contributed by atoms with E-state index in [1.165, 1.54) is 26.6 Å². The van der Waals surface area contributed by atoms with Gasteiger partial charge in [-0.25, -0.2) is 0 Å². The Labute approximate surface area is 166 Å². The summed E-state index contributed by atoms with van der Waals surface area (Å²) in [5.74, 6) is 0. The maximum absolute atomic E-state index is 5.22. The quantitative estimate of drug-likeness (QED) is 0.381. The summed E-state index contributed by atoms with van der Waals surface area (Å²) in [5, 5.41) is 4.39. The summed E-state index contributed by atoms with van der Waals surface area (Å²) in [7, 11) is 3.98. The van der Waals surface area contributed by atoms with Crippen molar-refractivity contribution in [3.63, 3.8) is 0 Å². The van der Waals surface area contributed by atoms with E-state index in [0.29, 0.717) is 5.25 Å². The van der Waals surface area contributed by atoms with E-state index < -0.39 is 0 Å². The highest BCUT2D eigenvalue weighted by atomic mass is 32.2. The molecule has 1 heterocycles. The van der Waals surface area contributed by atoms with E-state index in [1.807, 2.05) is 23.7 Å². The second-order valence-electron chi connectivity index (χ2n) is 7.03. The molecular formula is C21H30N2OS2. The monoisotopic (exact) mass is 390 g/mol. The van der Waals surface area contributed by atoms with Crippen LogP contribution in [0.3, 0.4) is 0 Å². The Kier molecular flexibility index (Phi) is 7.15. The van der Waals surface area contributed by atoms with Gasteiger partial charge < -0.3 is 14.4 Å². The van der Waals surface area contributed by atoms with Crippen LogP contribution in [0.2, 0.25) is 0 Å². The summed E-state index contributed by atoms with van der Waals surface area (Å²) >= 11 is 3.80. The number of rotatable bonds is 7. The number of benzene rings is 1. The molecule has 0 aromatic heterocycles. The van der Waals surface area contributed by atoms with Crippen molar-refractivity contribution in [3.05, 3.63) is 47.2 Å². The molecule has 0 spiro atoms. The summed E-state index contributed by atoms with van der Waals surface area (Å²) in [6.45, 7) is 6.26. The van der Waals surface area contributed by atoms with Gasteiger partial charge in [0.15, 0.2) is 0 Å². The molecule has 0 saturated carbocycles. The fourth-order valence-corrected chi connectivity index (χ4v) is 5.53. The summed E-state index contributed by atoms with van der Waals surface area (Å²) < 4.78 is 7.59. The zero-order valence-electron chi connectivity index (χ0n) is 16.2. The van der Waals surface area contributed by atoms with E-state index in [9.17, 15) is 0 Å². The van der Waals surface area contributed by atoms with Gasteiger partial charge in [0.1, 0.15) is 0 Å². The van der Waals surface area contributed by atoms with Crippen LogP contribution in [-0.2, 0) is 4.74 Å². The largest absolute Gasteiger partial charge is 0.385 e. The Morgan fingerprint density at radius 2 is 2.23 bits per heavy atom. The Bertz CT molecular complexity index is 685. The number of hydrogen-bond donors (Lipinski definition) is 1.